The van der Waals surface area contributed by atoms with Crippen LogP contribution in [0.3, 0.4) is 0 Å². The first-order valence-electron chi connectivity index (χ1n) is 8.40. The van der Waals surface area contributed by atoms with E-state index in [4.69, 9.17) is 9.47 Å². The summed E-state index contributed by atoms with van der Waals surface area (Å²) in [5, 5.41) is 0. The summed E-state index contributed by atoms with van der Waals surface area (Å²) in [5.74, 6) is -0.166. The Morgan fingerprint density at radius 3 is 2.19 bits per heavy atom. The van der Waals surface area contributed by atoms with E-state index in [2.05, 4.69) is 0 Å². The SMILES string of the molecule is CCOc1ccc(C(C)=O)cc1COC(=O)c1ccc(CS(C)(=O)=O)cc1. The van der Waals surface area contributed by atoms with Gasteiger partial charge in [0, 0.05) is 17.4 Å². The maximum atomic E-state index is 12.3. The van der Waals surface area contributed by atoms with E-state index in [9.17, 15) is 18.0 Å². The zero-order chi connectivity index (χ0) is 20.0. The quantitative estimate of drug-likeness (QED) is 0.508. The summed E-state index contributed by atoms with van der Waals surface area (Å²) in [4.78, 5) is 23.8. The largest absolute Gasteiger partial charge is 0.493 e. The summed E-state index contributed by atoms with van der Waals surface area (Å²) in [6.45, 7) is 3.71. The molecule has 0 saturated carbocycles. The molecule has 2 rings (SSSR count). The summed E-state index contributed by atoms with van der Waals surface area (Å²) in [5.41, 5.74) is 2.02. The molecular formula is C20H22O6S. The lowest BCUT2D eigenvalue weighted by Crippen LogP contribution is -2.08. The minimum Gasteiger partial charge on any atom is -0.493 e. The summed E-state index contributed by atoms with van der Waals surface area (Å²) in [6, 6.07) is 11.2. The van der Waals surface area contributed by atoms with Crippen molar-refractivity contribution in [1.29, 1.82) is 0 Å². The zero-order valence-electron chi connectivity index (χ0n) is 15.5. The van der Waals surface area contributed by atoms with E-state index in [-0.39, 0.29) is 18.1 Å². The van der Waals surface area contributed by atoms with Crippen molar-refractivity contribution in [2.45, 2.75) is 26.2 Å². The first kappa shape index (κ1) is 20.6. The number of benzene rings is 2. The van der Waals surface area contributed by atoms with E-state index in [0.717, 1.165) is 6.26 Å². The van der Waals surface area contributed by atoms with Gasteiger partial charge in [-0.3, -0.25) is 4.79 Å². The molecule has 7 heteroatoms. The lowest BCUT2D eigenvalue weighted by atomic mass is 10.1. The van der Waals surface area contributed by atoms with Crippen molar-refractivity contribution >= 4 is 21.6 Å². The molecule has 0 aliphatic carbocycles. The van der Waals surface area contributed by atoms with Crippen molar-refractivity contribution in [3.8, 4) is 5.75 Å². The second-order valence-electron chi connectivity index (χ2n) is 6.15. The molecule has 0 aliphatic heterocycles. The zero-order valence-corrected chi connectivity index (χ0v) is 16.3. The van der Waals surface area contributed by atoms with Gasteiger partial charge in [-0.1, -0.05) is 12.1 Å². The second-order valence-corrected chi connectivity index (χ2v) is 8.30. The standard InChI is InChI=1S/C20H22O6S/c1-4-25-19-10-9-17(14(2)21)11-18(19)12-26-20(22)16-7-5-15(6-8-16)13-27(3,23)24/h5-11H,4,12-13H2,1-3H3. The topological polar surface area (TPSA) is 86.7 Å². The first-order valence-corrected chi connectivity index (χ1v) is 10.5. The fourth-order valence-corrected chi connectivity index (χ4v) is 3.27. The van der Waals surface area contributed by atoms with Crippen LogP contribution in [0.4, 0.5) is 0 Å². The molecule has 0 spiro atoms. The molecule has 0 unspecified atom stereocenters. The average molecular weight is 390 g/mol. The molecule has 0 saturated heterocycles. The van der Waals surface area contributed by atoms with Gasteiger partial charge < -0.3 is 9.47 Å². The van der Waals surface area contributed by atoms with Crippen LogP contribution in [0.15, 0.2) is 42.5 Å². The Hall–Kier alpha value is -2.67. The van der Waals surface area contributed by atoms with Crippen LogP contribution in [0.5, 0.6) is 5.75 Å². The normalized spacial score (nSPS) is 11.1. The smallest absolute Gasteiger partial charge is 0.338 e. The molecule has 6 nitrogen and oxygen atoms in total. The molecule has 0 radical (unpaired) electrons. The fourth-order valence-electron chi connectivity index (χ4n) is 2.47. The molecule has 0 bridgehead atoms. The van der Waals surface area contributed by atoms with Gasteiger partial charge in [0.05, 0.1) is 17.9 Å². The number of ketones is 1. The monoisotopic (exact) mass is 390 g/mol. The molecule has 0 aliphatic rings. The Bertz CT molecular complexity index is 929. The lowest BCUT2D eigenvalue weighted by molar-refractivity contribution is 0.0469. The minimum atomic E-state index is -3.14. The molecular weight excluding hydrogens is 368 g/mol. The van der Waals surface area contributed by atoms with E-state index in [1.807, 2.05) is 6.92 Å². The van der Waals surface area contributed by atoms with Crippen LogP contribution in [0.25, 0.3) is 0 Å². The third-order valence-electron chi connectivity index (χ3n) is 3.74. The van der Waals surface area contributed by atoms with Crippen LogP contribution in [-0.2, 0) is 26.9 Å². The number of hydrogen-bond acceptors (Lipinski definition) is 6. The number of sulfone groups is 1. The molecule has 0 atom stereocenters. The van der Waals surface area contributed by atoms with Gasteiger partial charge in [-0.2, -0.15) is 0 Å². The molecule has 0 amide bonds. The lowest BCUT2D eigenvalue weighted by Gasteiger charge is -2.12. The number of carbonyl (C=O) groups excluding carboxylic acids is 2. The van der Waals surface area contributed by atoms with Crippen molar-refractivity contribution in [1.82, 2.24) is 0 Å². The van der Waals surface area contributed by atoms with Crippen LogP contribution in [-0.4, -0.2) is 33.0 Å². The molecule has 0 fully saturated rings. The van der Waals surface area contributed by atoms with Gasteiger partial charge in [0.15, 0.2) is 15.6 Å². The molecule has 0 aromatic heterocycles. The van der Waals surface area contributed by atoms with Crippen molar-refractivity contribution in [3.05, 3.63) is 64.7 Å². The highest BCUT2D eigenvalue weighted by Gasteiger charge is 2.13. The van der Waals surface area contributed by atoms with E-state index < -0.39 is 15.8 Å². The highest BCUT2D eigenvalue weighted by molar-refractivity contribution is 7.89. The van der Waals surface area contributed by atoms with Crippen LogP contribution < -0.4 is 4.74 Å². The van der Waals surface area contributed by atoms with Crippen LogP contribution in [0.2, 0.25) is 0 Å². The number of rotatable bonds is 8. The van der Waals surface area contributed by atoms with Gasteiger partial charge in [0.2, 0.25) is 0 Å². The van der Waals surface area contributed by atoms with Crippen molar-refractivity contribution in [2.75, 3.05) is 12.9 Å². The predicted molar refractivity (Wildman–Crippen MR) is 102 cm³/mol. The molecule has 2 aromatic carbocycles. The number of Topliss-reactive ketones (excluding diaryl/α,β-unsaturated/α-hetero) is 1. The number of carbonyl (C=O) groups is 2. The molecule has 144 valence electrons. The summed E-state index contributed by atoms with van der Waals surface area (Å²) in [6.07, 6.45) is 1.15. The Kier molecular flexibility index (Phi) is 6.74. The Morgan fingerprint density at radius 2 is 1.63 bits per heavy atom. The summed E-state index contributed by atoms with van der Waals surface area (Å²) in [7, 11) is -3.14. The van der Waals surface area contributed by atoms with Gasteiger partial charge >= 0.3 is 5.97 Å². The van der Waals surface area contributed by atoms with Gasteiger partial charge in [0.25, 0.3) is 0 Å². The molecule has 2 aromatic rings. The third kappa shape index (κ3) is 6.21. The Labute approximate surface area is 159 Å². The van der Waals surface area contributed by atoms with Gasteiger partial charge in [-0.25, -0.2) is 13.2 Å². The molecule has 0 N–H and O–H groups in total. The molecule has 0 heterocycles. The van der Waals surface area contributed by atoms with E-state index >= 15 is 0 Å². The Balaban J connectivity index is 2.10. The van der Waals surface area contributed by atoms with Gasteiger partial charge in [0.1, 0.15) is 12.4 Å². The maximum Gasteiger partial charge on any atom is 0.338 e. The van der Waals surface area contributed by atoms with Crippen molar-refractivity contribution in [3.63, 3.8) is 0 Å². The summed E-state index contributed by atoms with van der Waals surface area (Å²) >= 11 is 0. The number of hydrogen-bond donors (Lipinski definition) is 0. The minimum absolute atomic E-state index is 0.0413. The first-order chi connectivity index (χ1) is 12.7. The summed E-state index contributed by atoms with van der Waals surface area (Å²) < 4.78 is 33.5. The third-order valence-corrected chi connectivity index (χ3v) is 4.60. The van der Waals surface area contributed by atoms with E-state index in [1.54, 1.807) is 30.3 Å². The van der Waals surface area contributed by atoms with Crippen LogP contribution in [0.1, 0.15) is 45.7 Å². The second kappa shape index (κ2) is 8.81. The van der Waals surface area contributed by atoms with Crippen LogP contribution in [0, 0.1) is 0 Å². The number of ether oxygens (including phenoxy) is 2. The van der Waals surface area contributed by atoms with Crippen LogP contribution >= 0.6 is 0 Å². The predicted octanol–water partition coefficient (Wildman–Crippen LogP) is 3.19. The highest BCUT2D eigenvalue weighted by atomic mass is 32.2. The molecule has 27 heavy (non-hydrogen) atoms. The van der Waals surface area contributed by atoms with Crippen molar-refractivity contribution < 1.29 is 27.5 Å². The fraction of sp³-hybridized carbons (Fsp3) is 0.300. The highest BCUT2D eigenvalue weighted by Crippen LogP contribution is 2.22. The maximum absolute atomic E-state index is 12.3. The Morgan fingerprint density at radius 1 is 1.00 bits per heavy atom. The van der Waals surface area contributed by atoms with E-state index in [0.29, 0.717) is 34.6 Å². The van der Waals surface area contributed by atoms with Gasteiger partial charge in [-0.15, -0.1) is 0 Å². The van der Waals surface area contributed by atoms with Crippen molar-refractivity contribution in [2.24, 2.45) is 0 Å². The average Bonchev–Trinajstić information content (AvgIpc) is 2.60. The van der Waals surface area contributed by atoms with Gasteiger partial charge in [-0.05, 0) is 49.7 Å². The van der Waals surface area contributed by atoms with E-state index in [1.165, 1.54) is 19.1 Å². The number of esters is 1.